The Bertz CT molecular complexity index is 389. The van der Waals surface area contributed by atoms with E-state index in [4.69, 9.17) is 0 Å². The van der Waals surface area contributed by atoms with Gasteiger partial charge in [-0.15, -0.1) is 0 Å². The van der Waals surface area contributed by atoms with Crippen molar-refractivity contribution in [2.45, 2.75) is 32.4 Å². The average molecular weight is 233 g/mol. The molecule has 4 heteroatoms. The average Bonchev–Trinajstić information content (AvgIpc) is 2.43. The van der Waals surface area contributed by atoms with Crippen molar-refractivity contribution < 1.29 is 4.79 Å². The van der Waals surface area contributed by atoms with Crippen LogP contribution in [0.4, 0.5) is 0 Å². The highest BCUT2D eigenvalue weighted by Crippen LogP contribution is 2.22. The van der Waals surface area contributed by atoms with Crippen LogP contribution in [0.15, 0.2) is 24.5 Å². The van der Waals surface area contributed by atoms with Crippen LogP contribution in [0.1, 0.15) is 25.8 Å². The summed E-state index contributed by atoms with van der Waals surface area (Å²) < 4.78 is 0. The van der Waals surface area contributed by atoms with Crippen LogP contribution < -0.4 is 5.32 Å². The number of aromatic nitrogens is 1. The van der Waals surface area contributed by atoms with E-state index < -0.39 is 0 Å². The first-order valence-corrected chi connectivity index (χ1v) is 6.00. The van der Waals surface area contributed by atoms with Crippen LogP contribution in [0.5, 0.6) is 0 Å². The highest BCUT2D eigenvalue weighted by atomic mass is 16.2. The predicted molar refractivity (Wildman–Crippen MR) is 66.4 cm³/mol. The first-order valence-electron chi connectivity index (χ1n) is 6.00. The van der Waals surface area contributed by atoms with E-state index in [-0.39, 0.29) is 11.4 Å². The van der Waals surface area contributed by atoms with Gasteiger partial charge in [0, 0.05) is 24.5 Å². The zero-order valence-electron chi connectivity index (χ0n) is 10.4. The molecular formula is C13H19N3O. The van der Waals surface area contributed by atoms with E-state index in [2.05, 4.69) is 24.1 Å². The van der Waals surface area contributed by atoms with Crippen molar-refractivity contribution in [1.82, 2.24) is 15.2 Å². The largest absolute Gasteiger partial charge is 0.332 e. The Balaban J connectivity index is 2.18. The smallest absolute Gasteiger partial charge is 0.237 e. The van der Waals surface area contributed by atoms with Gasteiger partial charge in [-0.25, -0.2) is 0 Å². The summed E-state index contributed by atoms with van der Waals surface area (Å²) in [5.41, 5.74) is 0.979. The van der Waals surface area contributed by atoms with Crippen molar-refractivity contribution in [1.29, 1.82) is 0 Å². The fraction of sp³-hybridized carbons (Fsp3) is 0.538. The maximum atomic E-state index is 12.1. The Morgan fingerprint density at radius 3 is 3.06 bits per heavy atom. The number of hydrogen-bond acceptors (Lipinski definition) is 3. The van der Waals surface area contributed by atoms with Crippen molar-refractivity contribution in [3.05, 3.63) is 30.1 Å². The number of rotatable bonds is 2. The molecule has 4 nitrogen and oxygen atoms in total. The minimum absolute atomic E-state index is 0.101. The molecule has 0 saturated carbocycles. The van der Waals surface area contributed by atoms with Crippen molar-refractivity contribution in [2.24, 2.45) is 0 Å². The van der Waals surface area contributed by atoms with Gasteiger partial charge in [0.1, 0.15) is 0 Å². The van der Waals surface area contributed by atoms with Crippen molar-refractivity contribution >= 4 is 5.91 Å². The molecule has 0 aromatic carbocycles. The number of carbonyl (C=O) groups excluding carboxylic acids is 1. The number of nitrogens with one attached hydrogen (secondary N) is 1. The van der Waals surface area contributed by atoms with Gasteiger partial charge >= 0.3 is 0 Å². The lowest BCUT2D eigenvalue weighted by Crippen LogP contribution is -2.47. The van der Waals surface area contributed by atoms with Crippen LogP contribution in [0.2, 0.25) is 0 Å². The van der Waals surface area contributed by atoms with Crippen molar-refractivity contribution in [3.8, 4) is 0 Å². The van der Waals surface area contributed by atoms with Gasteiger partial charge < -0.3 is 10.2 Å². The first-order chi connectivity index (χ1) is 8.09. The van der Waals surface area contributed by atoms with Gasteiger partial charge in [0.2, 0.25) is 5.91 Å². The van der Waals surface area contributed by atoms with E-state index in [1.165, 1.54) is 0 Å². The lowest BCUT2D eigenvalue weighted by Gasteiger charge is -2.37. The van der Waals surface area contributed by atoms with Crippen LogP contribution in [0.25, 0.3) is 0 Å². The van der Waals surface area contributed by atoms with Crippen LogP contribution >= 0.6 is 0 Å². The third-order valence-electron chi connectivity index (χ3n) is 3.29. The predicted octanol–water partition coefficient (Wildman–Crippen LogP) is 1.18. The zero-order valence-corrected chi connectivity index (χ0v) is 10.4. The Kier molecular flexibility index (Phi) is 3.43. The molecular weight excluding hydrogens is 214 g/mol. The summed E-state index contributed by atoms with van der Waals surface area (Å²) in [4.78, 5) is 18.1. The lowest BCUT2D eigenvalue weighted by atomic mass is 9.98. The molecule has 92 valence electrons. The molecule has 1 saturated heterocycles. The molecule has 1 amide bonds. The van der Waals surface area contributed by atoms with Crippen LogP contribution in [-0.2, 0) is 11.3 Å². The standard InChI is InChI=1S/C13H19N3O/c1-13(2)5-7-15-9-12(17)16(13)10-11-4-3-6-14-8-11/h3-4,6,8,15H,5,7,9-10H2,1-2H3. The van der Waals surface area contributed by atoms with Gasteiger partial charge in [-0.05, 0) is 38.4 Å². The molecule has 0 spiro atoms. The van der Waals surface area contributed by atoms with Gasteiger partial charge in [0.25, 0.3) is 0 Å². The number of nitrogens with zero attached hydrogens (tertiary/aromatic N) is 2. The normalized spacial score (nSPS) is 20.1. The Morgan fingerprint density at radius 1 is 1.53 bits per heavy atom. The van der Waals surface area contributed by atoms with Gasteiger partial charge in [0.15, 0.2) is 0 Å². The number of hydrogen-bond donors (Lipinski definition) is 1. The third-order valence-corrected chi connectivity index (χ3v) is 3.29. The Morgan fingerprint density at radius 2 is 2.35 bits per heavy atom. The highest BCUT2D eigenvalue weighted by molar-refractivity contribution is 5.79. The van der Waals surface area contributed by atoms with E-state index >= 15 is 0 Å². The Hall–Kier alpha value is -1.42. The topological polar surface area (TPSA) is 45.2 Å². The SMILES string of the molecule is CC1(C)CCNCC(=O)N1Cc1cccnc1. The monoisotopic (exact) mass is 233 g/mol. The summed E-state index contributed by atoms with van der Waals surface area (Å²) in [5.74, 6) is 0.163. The second-order valence-corrected chi connectivity index (χ2v) is 5.08. The number of pyridine rings is 1. The molecule has 2 rings (SSSR count). The van der Waals surface area contributed by atoms with E-state index in [9.17, 15) is 4.79 Å². The number of carbonyl (C=O) groups is 1. The van der Waals surface area contributed by atoms with Gasteiger partial charge in [-0.3, -0.25) is 9.78 Å². The zero-order chi connectivity index (χ0) is 12.3. The molecule has 1 aliphatic heterocycles. The Labute approximate surface area is 102 Å². The van der Waals surface area contributed by atoms with Crippen LogP contribution in [0.3, 0.4) is 0 Å². The third kappa shape index (κ3) is 2.82. The molecule has 1 N–H and O–H groups in total. The molecule has 0 atom stereocenters. The first kappa shape index (κ1) is 12.0. The van der Waals surface area contributed by atoms with Gasteiger partial charge in [0.05, 0.1) is 6.54 Å². The summed E-state index contributed by atoms with van der Waals surface area (Å²) in [6.07, 6.45) is 4.54. The molecule has 0 unspecified atom stereocenters. The molecule has 0 radical (unpaired) electrons. The van der Waals surface area contributed by atoms with E-state index in [0.717, 1.165) is 18.5 Å². The maximum Gasteiger partial charge on any atom is 0.237 e. The van der Waals surface area contributed by atoms with E-state index in [0.29, 0.717) is 13.1 Å². The minimum Gasteiger partial charge on any atom is -0.332 e. The van der Waals surface area contributed by atoms with Gasteiger partial charge in [-0.2, -0.15) is 0 Å². The molecule has 17 heavy (non-hydrogen) atoms. The molecule has 2 heterocycles. The number of amides is 1. The fourth-order valence-corrected chi connectivity index (χ4v) is 2.13. The van der Waals surface area contributed by atoms with Crippen LogP contribution in [0, 0.1) is 0 Å². The molecule has 1 aromatic rings. The van der Waals surface area contributed by atoms with Crippen molar-refractivity contribution in [3.63, 3.8) is 0 Å². The molecule has 0 bridgehead atoms. The summed E-state index contributed by atoms with van der Waals surface area (Å²) in [6.45, 7) is 6.20. The second kappa shape index (κ2) is 4.84. The summed E-state index contributed by atoms with van der Waals surface area (Å²) in [5, 5.41) is 3.16. The fourth-order valence-electron chi connectivity index (χ4n) is 2.13. The summed E-state index contributed by atoms with van der Waals surface area (Å²) in [6, 6.07) is 3.91. The maximum absolute atomic E-state index is 12.1. The highest BCUT2D eigenvalue weighted by Gasteiger charge is 2.32. The summed E-state index contributed by atoms with van der Waals surface area (Å²) in [7, 11) is 0. The van der Waals surface area contributed by atoms with Gasteiger partial charge in [-0.1, -0.05) is 6.07 Å². The van der Waals surface area contributed by atoms with Crippen molar-refractivity contribution in [2.75, 3.05) is 13.1 Å². The van der Waals surface area contributed by atoms with Crippen LogP contribution in [-0.4, -0.2) is 34.4 Å². The quantitative estimate of drug-likeness (QED) is 0.834. The molecule has 1 fully saturated rings. The molecule has 0 aliphatic carbocycles. The second-order valence-electron chi connectivity index (χ2n) is 5.08. The lowest BCUT2D eigenvalue weighted by molar-refractivity contribution is -0.135. The minimum atomic E-state index is -0.101. The molecule has 1 aliphatic rings. The summed E-state index contributed by atoms with van der Waals surface area (Å²) >= 11 is 0. The van der Waals surface area contributed by atoms with E-state index in [1.54, 1.807) is 6.20 Å². The van der Waals surface area contributed by atoms with E-state index in [1.807, 2.05) is 23.2 Å². The molecule has 1 aromatic heterocycles.